The number of ether oxygens (including phenoxy) is 1. The highest BCUT2D eigenvalue weighted by Gasteiger charge is 2.33. The number of H-pyrrole nitrogens is 1. The Bertz CT molecular complexity index is 807. The first-order valence-corrected chi connectivity index (χ1v) is 8.46. The van der Waals surface area contributed by atoms with Gasteiger partial charge in [-0.2, -0.15) is 0 Å². The SMILES string of the molecule is Cc1c(C(=O)OC(C)C)[nH]c2c1C(=O)C[C@@H](c1ccccc1Cl)C2. The third-order valence-electron chi connectivity index (χ3n) is 4.38. The normalized spacial score (nSPS) is 17.0. The van der Waals surface area contributed by atoms with Crippen LogP contribution in [0.3, 0.4) is 0 Å². The Morgan fingerprint density at radius 3 is 2.67 bits per heavy atom. The molecule has 1 heterocycles. The largest absolute Gasteiger partial charge is 0.458 e. The van der Waals surface area contributed by atoms with Crippen molar-refractivity contribution < 1.29 is 14.3 Å². The topological polar surface area (TPSA) is 59.2 Å². The zero-order valence-corrected chi connectivity index (χ0v) is 14.7. The number of fused-ring (bicyclic) bond motifs is 1. The molecule has 0 spiro atoms. The molecule has 0 fully saturated rings. The first-order chi connectivity index (χ1) is 11.4. The molecule has 0 aliphatic heterocycles. The van der Waals surface area contributed by atoms with Crippen LogP contribution in [0.2, 0.25) is 5.02 Å². The van der Waals surface area contributed by atoms with Crippen molar-refractivity contribution in [1.29, 1.82) is 0 Å². The van der Waals surface area contributed by atoms with Gasteiger partial charge in [0.25, 0.3) is 0 Å². The van der Waals surface area contributed by atoms with E-state index in [1.807, 2.05) is 24.3 Å². The second kappa shape index (κ2) is 6.44. The molecule has 0 unspecified atom stereocenters. The van der Waals surface area contributed by atoms with E-state index in [1.165, 1.54) is 0 Å². The van der Waals surface area contributed by atoms with Gasteiger partial charge in [0.15, 0.2) is 5.78 Å². The second-order valence-electron chi connectivity index (χ2n) is 6.48. The summed E-state index contributed by atoms with van der Waals surface area (Å²) in [5, 5.41) is 0.668. The fourth-order valence-electron chi connectivity index (χ4n) is 3.34. The Kier molecular flexibility index (Phi) is 4.50. The Hall–Kier alpha value is -2.07. The van der Waals surface area contributed by atoms with E-state index >= 15 is 0 Å². The van der Waals surface area contributed by atoms with Crippen LogP contribution >= 0.6 is 11.6 Å². The summed E-state index contributed by atoms with van der Waals surface area (Å²) in [5.41, 5.74) is 3.45. The summed E-state index contributed by atoms with van der Waals surface area (Å²) in [7, 11) is 0. The molecule has 3 rings (SSSR count). The van der Waals surface area contributed by atoms with Crippen LogP contribution in [0.1, 0.15) is 63.9 Å². The van der Waals surface area contributed by atoms with E-state index in [0.29, 0.717) is 34.7 Å². The summed E-state index contributed by atoms with van der Waals surface area (Å²) in [6, 6.07) is 7.59. The third kappa shape index (κ3) is 2.98. The number of rotatable bonds is 3. The minimum absolute atomic E-state index is 0.0192. The van der Waals surface area contributed by atoms with Gasteiger partial charge in [0, 0.05) is 22.7 Å². The minimum Gasteiger partial charge on any atom is -0.458 e. The number of esters is 1. The van der Waals surface area contributed by atoms with E-state index in [4.69, 9.17) is 16.3 Å². The number of carbonyl (C=O) groups excluding carboxylic acids is 2. The van der Waals surface area contributed by atoms with Crippen LogP contribution in [0.4, 0.5) is 0 Å². The summed E-state index contributed by atoms with van der Waals surface area (Å²) in [6.07, 6.45) is 0.845. The van der Waals surface area contributed by atoms with Crippen molar-refractivity contribution in [2.75, 3.05) is 0 Å². The molecule has 1 atom stereocenters. The average molecular weight is 346 g/mol. The maximum absolute atomic E-state index is 12.6. The number of halogens is 1. The predicted octanol–water partition coefficient (Wildman–Crippen LogP) is 4.45. The maximum Gasteiger partial charge on any atom is 0.355 e. The number of benzene rings is 1. The van der Waals surface area contributed by atoms with Gasteiger partial charge in [0.05, 0.1) is 6.10 Å². The van der Waals surface area contributed by atoms with Crippen LogP contribution < -0.4 is 0 Å². The zero-order valence-electron chi connectivity index (χ0n) is 14.0. The van der Waals surface area contributed by atoms with Crippen LogP contribution in [0.25, 0.3) is 0 Å². The van der Waals surface area contributed by atoms with Crippen LogP contribution in [0, 0.1) is 6.92 Å². The summed E-state index contributed by atoms with van der Waals surface area (Å²) < 4.78 is 5.26. The molecular formula is C19H20ClNO3. The highest BCUT2D eigenvalue weighted by atomic mass is 35.5. The summed E-state index contributed by atoms with van der Waals surface area (Å²) in [5.74, 6) is -0.358. The van der Waals surface area contributed by atoms with E-state index in [0.717, 1.165) is 11.3 Å². The van der Waals surface area contributed by atoms with Gasteiger partial charge in [0.2, 0.25) is 0 Å². The van der Waals surface area contributed by atoms with Crippen LogP contribution in [0.5, 0.6) is 0 Å². The first-order valence-electron chi connectivity index (χ1n) is 8.08. The van der Waals surface area contributed by atoms with Crippen LogP contribution in [-0.4, -0.2) is 22.8 Å². The molecule has 0 amide bonds. The predicted molar refractivity (Wildman–Crippen MR) is 92.9 cm³/mol. The molecule has 1 aromatic carbocycles. The number of aromatic amines is 1. The standard InChI is InChI=1S/C19H20ClNO3/c1-10(2)24-19(23)18-11(3)17-15(21-18)8-12(9-16(17)22)13-6-4-5-7-14(13)20/h4-7,10,12,21H,8-9H2,1-3H3/t12-/m0/s1. The maximum atomic E-state index is 12.6. The van der Waals surface area contributed by atoms with Crippen molar-refractivity contribution in [2.24, 2.45) is 0 Å². The molecule has 0 saturated heterocycles. The molecule has 126 valence electrons. The molecule has 4 nitrogen and oxygen atoms in total. The van der Waals surface area contributed by atoms with Gasteiger partial charge < -0.3 is 9.72 Å². The Labute approximate surface area is 146 Å². The summed E-state index contributed by atoms with van der Waals surface area (Å²) in [4.78, 5) is 28.0. The molecule has 1 aromatic heterocycles. The Morgan fingerprint density at radius 1 is 1.29 bits per heavy atom. The lowest BCUT2D eigenvalue weighted by molar-refractivity contribution is 0.0370. The Morgan fingerprint density at radius 2 is 2.00 bits per heavy atom. The Balaban J connectivity index is 1.96. The number of ketones is 1. The van der Waals surface area contributed by atoms with E-state index in [9.17, 15) is 9.59 Å². The van der Waals surface area contributed by atoms with Crippen LogP contribution in [0.15, 0.2) is 24.3 Å². The van der Waals surface area contributed by atoms with Gasteiger partial charge in [-0.3, -0.25) is 4.79 Å². The van der Waals surface area contributed by atoms with Crippen molar-refractivity contribution in [3.05, 3.63) is 57.4 Å². The van der Waals surface area contributed by atoms with Crippen molar-refractivity contribution in [1.82, 2.24) is 4.98 Å². The number of Topliss-reactive ketones (excluding diaryl/α,β-unsaturated/α-hetero) is 1. The lowest BCUT2D eigenvalue weighted by Crippen LogP contribution is -2.18. The van der Waals surface area contributed by atoms with Gasteiger partial charge >= 0.3 is 5.97 Å². The summed E-state index contributed by atoms with van der Waals surface area (Å²) >= 11 is 6.28. The number of hydrogen-bond acceptors (Lipinski definition) is 3. The van der Waals surface area contributed by atoms with Crippen LogP contribution in [-0.2, 0) is 11.2 Å². The van der Waals surface area contributed by atoms with Crippen molar-refractivity contribution in [3.63, 3.8) is 0 Å². The van der Waals surface area contributed by atoms with E-state index in [1.54, 1.807) is 20.8 Å². The van der Waals surface area contributed by atoms with E-state index in [-0.39, 0.29) is 17.8 Å². The summed E-state index contributed by atoms with van der Waals surface area (Å²) in [6.45, 7) is 5.39. The highest BCUT2D eigenvalue weighted by molar-refractivity contribution is 6.31. The van der Waals surface area contributed by atoms with Gasteiger partial charge in [-0.25, -0.2) is 4.79 Å². The molecule has 0 saturated carbocycles. The smallest absolute Gasteiger partial charge is 0.355 e. The fourth-order valence-corrected chi connectivity index (χ4v) is 3.63. The van der Waals surface area contributed by atoms with Gasteiger partial charge in [0.1, 0.15) is 5.69 Å². The highest BCUT2D eigenvalue weighted by Crippen LogP contribution is 2.37. The zero-order chi connectivity index (χ0) is 17.4. The van der Waals surface area contributed by atoms with Gasteiger partial charge in [-0.1, -0.05) is 29.8 Å². The van der Waals surface area contributed by atoms with Crippen molar-refractivity contribution in [2.45, 2.75) is 45.6 Å². The second-order valence-corrected chi connectivity index (χ2v) is 6.89. The molecule has 5 heteroatoms. The monoisotopic (exact) mass is 345 g/mol. The average Bonchev–Trinajstić information content (AvgIpc) is 2.84. The molecule has 1 N–H and O–H groups in total. The third-order valence-corrected chi connectivity index (χ3v) is 4.72. The van der Waals surface area contributed by atoms with Crippen molar-refractivity contribution >= 4 is 23.4 Å². The molecule has 0 radical (unpaired) electrons. The van der Waals surface area contributed by atoms with Gasteiger partial charge in [-0.15, -0.1) is 0 Å². The molecule has 1 aliphatic rings. The van der Waals surface area contributed by atoms with Crippen molar-refractivity contribution in [3.8, 4) is 0 Å². The molecule has 24 heavy (non-hydrogen) atoms. The van der Waals surface area contributed by atoms with Gasteiger partial charge in [-0.05, 0) is 50.3 Å². The number of aromatic nitrogens is 1. The lowest BCUT2D eigenvalue weighted by atomic mass is 9.81. The first kappa shape index (κ1) is 16.8. The molecular weight excluding hydrogens is 326 g/mol. The number of hydrogen-bond donors (Lipinski definition) is 1. The quantitative estimate of drug-likeness (QED) is 0.836. The number of nitrogens with one attached hydrogen (secondary N) is 1. The number of carbonyl (C=O) groups is 2. The fraction of sp³-hybridized carbons (Fsp3) is 0.368. The lowest BCUT2D eigenvalue weighted by Gasteiger charge is -2.22. The van der Waals surface area contributed by atoms with E-state index in [2.05, 4.69) is 4.98 Å². The molecule has 2 aromatic rings. The minimum atomic E-state index is -0.418. The molecule has 1 aliphatic carbocycles. The molecule has 0 bridgehead atoms. The van der Waals surface area contributed by atoms with E-state index < -0.39 is 5.97 Å².